The predicted octanol–water partition coefficient (Wildman–Crippen LogP) is 5.10. The van der Waals surface area contributed by atoms with Crippen LogP contribution in [0.15, 0.2) is 73.1 Å². The number of phenolic OH excluding ortho intramolecular Hbond substituents is 1. The minimum atomic E-state index is -0.310. The van der Waals surface area contributed by atoms with Crippen molar-refractivity contribution in [2.45, 2.75) is 26.8 Å². The van der Waals surface area contributed by atoms with E-state index in [1.165, 1.54) is 18.2 Å². The highest BCUT2D eigenvalue weighted by molar-refractivity contribution is 5.96. The number of hydrogen-bond donors (Lipinski definition) is 2. The molecule has 4 aromatic rings. The minimum absolute atomic E-state index is 0.0409. The summed E-state index contributed by atoms with van der Waals surface area (Å²) in [7, 11) is 0. The van der Waals surface area contributed by atoms with E-state index < -0.39 is 0 Å². The first kappa shape index (κ1) is 26.0. The van der Waals surface area contributed by atoms with Crippen LogP contribution >= 0.6 is 0 Å². The van der Waals surface area contributed by atoms with Crippen LogP contribution in [0.25, 0.3) is 22.4 Å². The first-order valence-electron chi connectivity index (χ1n) is 12.4. The molecule has 0 aliphatic heterocycles. The highest BCUT2D eigenvalue weighted by atomic mass is 19.1. The molecular formula is C29H31FN4O3. The van der Waals surface area contributed by atoms with Crippen LogP contribution in [0.2, 0.25) is 0 Å². The molecule has 0 aliphatic carbocycles. The Morgan fingerprint density at radius 2 is 1.92 bits per heavy atom. The van der Waals surface area contributed by atoms with Crippen LogP contribution in [-0.2, 0) is 17.7 Å². The van der Waals surface area contributed by atoms with Crippen molar-refractivity contribution in [2.75, 3.05) is 19.8 Å². The molecule has 0 saturated carbocycles. The maximum absolute atomic E-state index is 13.6. The van der Waals surface area contributed by atoms with Crippen LogP contribution < -0.4 is 5.32 Å². The summed E-state index contributed by atoms with van der Waals surface area (Å²) in [5.41, 5.74) is 4.60. The fourth-order valence-electron chi connectivity index (χ4n) is 4.08. The lowest BCUT2D eigenvalue weighted by atomic mass is 9.99. The van der Waals surface area contributed by atoms with Crippen molar-refractivity contribution in [3.8, 4) is 28.1 Å². The summed E-state index contributed by atoms with van der Waals surface area (Å²) in [5, 5.41) is 17.5. The molecule has 37 heavy (non-hydrogen) atoms. The number of rotatable bonds is 11. The number of aromatic nitrogens is 3. The number of benzene rings is 2. The van der Waals surface area contributed by atoms with Crippen molar-refractivity contribution in [1.82, 2.24) is 20.1 Å². The van der Waals surface area contributed by atoms with Crippen LogP contribution in [0.5, 0.6) is 5.75 Å². The molecule has 2 aromatic heterocycles. The molecule has 2 aromatic carbocycles. The average molecular weight is 503 g/mol. The number of ether oxygens (including phenoxy) is 1. The van der Waals surface area contributed by atoms with Crippen LogP contribution in [-0.4, -0.2) is 45.5 Å². The third-order valence-electron chi connectivity index (χ3n) is 5.99. The SMILES string of the molecule is CCOCCn1cc(-c2ccnc(CC(C)CNC(=O)c3ccccc3O)c2)c(-c2ccc(F)cc2)n1. The zero-order valence-electron chi connectivity index (χ0n) is 21.0. The van der Waals surface area contributed by atoms with E-state index in [0.29, 0.717) is 32.7 Å². The summed E-state index contributed by atoms with van der Waals surface area (Å²) in [6.07, 6.45) is 4.40. The second kappa shape index (κ2) is 12.3. The molecule has 1 atom stereocenters. The second-order valence-electron chi connectivity index (χ2n) is 8.93. The molecule has 1 unspecified atom stereocenters. The maximum atomic E-state index is 13.6. The molecule has 0 spiro atoms. The predicted molar refractivity (Wildman–Crippen MR) is 141 cm³/mol. The van der Waals surface area contributed by atoms with E-state index >= 15 is 0 Å². The normalized spacial score (nSPS) is 11.9. The van der Waals surface area contributed by atoms with Gasteiger partial charge in [0, 0.05) is 42.4 Å². The van der Waals surface area contributed by atoms with Gasteiger partial charge < -0.3 is 15.2 Å². The van der Waals surface area contributed by atoms with E-state index in [4.69, 9.17) is 9.84 Å². The van der Waals surface area contributed by atoms with Crippen LogP contribution in [0.3, 0.4) is 0 Å². The number of aromatic hydroxyl groups is 1. The van der Waals surface area contributed by atoms with Crippen molar-refractivity contribution in [2.24, 2.45) is 5.92 Å². The van der Waals surface area contributed by atoms with Gasteiger partial charge in [0.25, 0.3) is 5.91 Å². The number of hydrogen-bond acceptors (Lipinski definition) is 5. The number of amides is 1. The van der Waals surface area contributed by atoms with Gasteiger partial charge in [0.05, 0.1) is 18.7 Å². The molecule has 0 radical (unpaired) electrons. The Labute approximate surface area is 215 Å². The molecule has 8 heteroatoms. The monoisotopic (exact) mass is 502 g/mol. The van der Waals surface area contributed by atoms with Gasteiger partial charge in [0.2, 0.25) is 0 Å². The number of phenols is 1. The van der Waals surface area contributed by atoms with E-state index in [2.05, 4.69) is 10.3 Å². The highest BCUT2D eigenvalue weighted by Crippen LogP contribution is 2.31. The van der Waals surface area contributed by atoms with Gasteiger partial charge in [-0.25, -0.2) is 4.39 Å². The van der Waals surface area contributed by atoms with E-state index in [1.807, 2.05) is 36.9 Å². The van der Waals surface area contributed by atoms with E-state index in [9.17, 15) is 14.3 Å². The zero-order valence-corrected chi connectivity index (χ0v) is 21.0. The van der Waals surface area contributed by atoms with Gasteiger partial charge in [0.1, 0.15) is 17.3 Å². The summed E-state index contributed by atoms with van der Waals surface area (Å²) >= 11 is 0. The van der Waals surface area contributed by atoms with Crippen molar-refractivity contribution < 1.29 is 19.0 Å². The molecule has 1 amide bonds. The van der Waals surface area contributed by atoms with Gasteiger partial charge in [-0.1, -0.05) is 19.1 Å². The van der Waals surface area contributed by atoms with Gasteiger partial charge in [0.15, 0.2) is 0 Å². The fourth-order valence-corrected chi connectivity index (χ4v) is 4.08. The molecule has 0 aliphatic rings. The molecule has 2 heterocycles. The molecular weight excluding hydrogens is 471 g/mol. The van der Waals surface area contributed by atoms with E-state index in [-0.39, 0.29) is 29.0 Å². The number of carbonyl (C=O) groups is 1. The lowest BCUT2D eigenvalue weighted by Gasteiger charge is -2.13. The number of pyridine rings is 1. The van der Waals surface area contributed by atoms with Crippen LogP contribution in [0.1, 0.15) is 29.9 Å². The first-order valence-corrected chi connectivity index (χ1v) is 12.4. The number of nitrogens with one attached hydrogen (secondary N) is 1. The Bertz CT molecular complexity index is 1340. The highest BCUT2D eigenvalue weighted by Gasteiger charge is 2.16. The van der Waals surface area contributed by atoms with Gasteiger partial charge in [-0.3, -0.25) is 14.5 Å². The Morgan fingerprint density at radius 3 is 2.68 bits per heavy atom. The van der Waals surface area contributed by atoms with Gasteiger partial charge in [-0.05, 0) is 73.4 Å². The molecule has 7 nitrogen and oxygen atoms in total. The largest absolute Gasteiger partial charge is 0.507 e. The average Bonchev–Trinajstić information content (AvgIpc) is 3.32. The Hall–Kier alpha value is -4.04. The molecule has 2 N–H and O–H groups in total. The zero-order chi connectivity index (χ0) is 26.2. The molecule has 0 bridgehead atoms. The van der Waals surface area contributed by atoms with E-state index in [0.717, 1.165) is 28.1 Å². The first-order chi connectivity index (χ1) is 17.9. The van der Waals surface area contributed by atoms with Crippen molar-refractivity contribution in [3.63, 3.8) is 0 Å². The number of para-hydroxylation sites is 1. The molecule has 0 fully saturated rings. The molecule has 4 rings (SSSR count). The Morgan fingerprint density at radius 1 is 1.14 bits per heavy atom. The summed E-state index contributed by atoms with van der Waals surface area (Å²) in [4.78, 5) is 17.0. The van der Waals surface area contributed by atoms with Gasteiger partial charge >= 0.3 is 0 Å². The smallest absolute Gasteiger partial charge is 0.255 e. The number of nitrogens with zero attached hydrogens (tertiary/aromatic N) is 3. The summed E-state index contributed by atoms with van der Waals surface area (Å²) < 4.78 is 20.9. The Kier molecular flexibility index (Phi) is 8.64. The maximum Gasteiger partial charge on any atom is 0.255 e. The lowest BCUT2D eigenvalue weighted by Crippen LogP contribution is -2.29. The second-order valence-corrected chi connectivity index (χ2v) is 8.93. The molecule has 0 saturated heterocycles. The van der Waals surface area contributed by atoms with Crippen molar-refractivity contribution in [1.29, 1.82) is 0 Å². The summed E-state index contributed by atoms with van der Waals surface area (Å²) in [6, 6.07) is 16.8. The van der Waals surface area contributed by atoms with Crippen molar-refractivity contribution >= 4 is 5.91 Å². The number of carbonyl (C=O) groups excluding carboxylic acids is 1. The van der Waals surface area contributed by atoms with Crippen LogP contribution in [0, 0.1) is 11.7 Å². The van der Waals surface area contributed by atoms with Crippen molar-refractivity contribution in [3.05, 3.63) is 90.1 Å². The summed E-state index contributed by atoms with van der Waals surface area (Å²) in [5.74, 6) is -0.533. The van der Waals surface area contributed by atoms with Crippen LogP contribution in [0.4, 0.5) is 4.39 Å². The van der Waals surface area contributed by atoms with E-state index in [1.54, 1.807) is 36.5 Å². The third-order valence-corrected chi connectivity index (χ3v) is 5.99. The quantitative estimate of drug-likeness (QED) is 0.279. The van der Waals surface area contributed by atoms with Gasteiger partial charge in [-0.15, -0.1) is 0 Å². The third kappa shape index (κ3) is 6.80. The summed E-state index contributed by atoms with van der Waals surface area (Å²) in [6.45, 7) is 6.22. The van der Waals surface area contributed by atoms with Gasteiger partial charge in [-0.2, -0.15) is 5.10 Å². The minimum Gasteiger partial charge on any atom is -0.507 e. The lowest BCUT2D eigenvalue weighted by molar-refractivity contribution is 0.0945. The number of halogens is 1. The molecule has 192 valence electrons. The topological polar surface area (TPSA) is 89.3 Å². The fraction of sp³-hybridized carbons (Fsp3) is 0.276. The Balaban J connectivity index is 1.50. The standard InChI is InChI=1S/C29H31FN4O3/c1-3-37-15-14-34-19-26(28(33-34)21-8-10-23(30)11-9-21)22-12-13-31-24(17-22)16-20(2)18-32-29(36)25-6-4-5-7-27(25)35/h4-13,17,19-20,35H,3,14-16,18H2,1-2H3,(H,32,36).